The maximum atomic E-state index is 12.9. The van der Waals surface area contributed by atoms with E-state index in [0.29, 0.717) is 37.5 Å². The van der Waals surface area contributed by atoms with Crippen LogP contribution in [0.5, 0.6) is 5.75 Å². The van der Waals surface area contributed by atoms with Crippen molar-refractivity contribution in [3.05, 3.63) is 64.1 Å². The van der Waals surface area contributed by atoms with Crippen LogP contribution in [0.1, 0.15) is 29.3 Å². The van der Waals surface area contributed by atoms with Gasteiger partial charge in [-0.1, -0.05) is 24.3 Å². The highest BCUT2D eigenvalue weighted by atomic mass is 79.9. The molecule has 1 heterocycles. The van der Waals surface area contributed by atoms with Gasteiger partial charge in [0.1, 0.15) is 5.75 Å². The summed E-state index contributed by atoms with van der Waals surface area (Å²) in [6, 6.07) is 15.1. The highest BCUT2D eigenvalue weighted by Crippen LogP contribution is 2.27. The summed E-state index contributed by atoms with van der Waals surface area (Å²) >= 11 is 3.49. The van der Waals surface area contributed by atoms with E-state index in [9.17, 15) is 9.59 Å². The molecule has 148 valence electrons. The molecule has 6 heteroatoms. The van der Waals surface area contributed by atoms with Crippen molar-refractivity contribution in [3.8, 4) is 5.75 Å². The maximum absolute atomic E-state index is 12.9. The molecule has 28 heavy (non-hydrogen) atoms. The number of aryl methyl sites for hydroxylation is 1. The molecule has 1 unspecified atom stereocenters. The molecule has 1 saturated heterocycles. The summed E-state index contributed by atoms with van der Waals surface area (Å²) in [7, 11) is 0. The summed E-state index contributed by atoms with van der Waals surface area (Å²) < 4.78 is 6.72. The second-order valence-corrected chi connectivity index (χ2v) is 7.89. The number of hydrogen-bond donors (Lipinski definition) is 0. The van der Waals surface area contributed by atoms with E-state index in [-0.39, 0.29) is 11.8 Å². The Balaban J connectivity index is 1.60. The molecule has 0 spiro atoms. The van der Waals surface area contributed by atoms with Crippen molar-refractivity contribution in [2.45, 2.75) is 26.4 Å². The van der Waals surface area contributed by atoms with Crippen molar-refractivity contribution >= 4 is 27.7 Å². The normalized spacial score (nSPS) is 15.7. The largest absolute Gasteiger partial charge is 0.480 e. The average Bonchev–Trinajstić information content (AvgIpc) is 2.96. The zero-order valence-electron chi connectivity index (χ0n) is 16.2. The summed E-state index contributed by atoms with van der Waals surface area (Å²) in [6.45, 7) is 6.09. The van der Waals surface area contributed by atoms with E-state index in [4.69, 9.17) is 4.74 Å². The number of rotatable bonds is 4. The summed E-state index contributed by atoms with van der Waals surface area (Å²) in [4.78, 5) is 29.1. The van der Waals surface area contributed by atoms with Gasteiger partial charge in [-0.15, -0.1) is 0 Å². The molecule has 0 aromatic heterocycles. The molecule has 1 aliphatic heterocycles. The summed E-state index contributed by atoms with van der Waals surface area (Å²) in [5.41, 5.74) is 1.80. The SMILES string of the molecule is Cc1ccc(OC(C)C(=O)N2CCCN(C(=O)c3ccccc3)CC2)c(Br)c1. The van der Waals surface area contributed by atoms with E-state index < -0.39 is 6.10 Å². The smallest absolute Gasteiger partial charge is 0.263 e. The number of nitrogens with zero attached hydrogens (tertiary/aromatic N) is 2. The first-order chi connectivity index (χ1) is 13.5. The highest BCUT2D eigenvalue weighted by molar-refractivity contribution is 9.10. The molecule has 1 atom stereocenters. The van der Waals surface area contributed by atoms with Crippen molar-refractivity contribution < 1.29 is 14.3 Å². The quantitative estimate of drug-likeness (QED) is 0.718. The van der Waals surface area contributed by atoms with Gasteiger partial charge < -0.3 is 14.5 Å². The van der Waals surface area contributed by atoms with Crippen LogP contribution in [-0.2, 0) is 4.79 Å². The van der Waals surface area contributed by atoms with Crippen molar-refractivity contribution in [3.63, 3.8) is 0 Å². The predicted octanol–water partition coefficient (Wildman–Crippen LogP) is 3.90. The molecule has 1 fully saturated rings. The number of benzene rings is 2. The number of carbonyl (C=O) groups is 2. The first kappa shape index (κ1) is 20.4. The average molecular weight is 445 g/mol. The van der Waals surface area contributed by atoms with Crippen LogP contribution in [0.25, 0.3) is 0 Å². The van der Waals surface area contributed by atoms with Crippen LogP contribution in [0.15, 0.2) is 53.0 Å². The fraction of sp³-hybridized carbons (Fsp3) is 0.364. The summed E-state index contributed by atoms with van der Waals surface area (Å²) in [5.74, 6) is 0.617. The summed E-state index contributed by atoms with van der Waals surface area (Å²) in [6.07, 6.45) is 0.168. The van der Waals surface area contributed by atoms with Gasteiger partial charge in [-0.05, 0) is 66.0 Å². The Hall–Kier alpha value is -2.34. The van der Waals surface area contributed by atoms with Crippen molar-refractivity contribution in [2.75, 3.05) is 26.2 Å². The van der Waals surface area contributed by atoms with E-state index in [1.807, 2.05) is 60.4 Å². The molecule has 0 N–H and O–H groups in total. The molecular weight excluding hydrogens is 420 g/mol. The Kier molecular flexibility index (Phi) is 6.73. The Morgan fingerprint density at radius 1 is 1.00 bits per heavy atom. The van der Waals surface area contributed by atoms with Crippen molar-refractivity contribution in [1.29, 1.82) is 0 Å². The van der Waals surface area contributed by atoms with Crippen molar-refractivity contribution in [1.82, 2.24) is 9.80 Å². The topological polar surface area (TPSA) is 49.9 Å². The van der Waals surface area contributed by atoms with Gasteiger partial charge in [-0.3, -0.25) is 9.59 Å². The molecule has 0 aliphatic carbocycles. The standard InChI is InChI=1S/C22H25BrN2O3/c1-16-9-10-20(19(23)15-16)28-17(2)21(26)24-11-6-12-25(14-13-24)22(27)18-7-4-3-5-8-18/h3-5,7-10,15,17H,6,11-14H2,1-2H3. The zero-order chi connectivity index (χ0) is 20.1. The lowest BCUT2D eigenvalue weighted by Crippen LogP contribution is -2.43. The maximum Gasteiger partial charge on any atom is 0.263 e. The van der Waals surface area contributed by atoms with Gasteiger partial charge in [0.15, 0.2) is 6.10 Å². The van der Waals surface area contributed by atoms with Gasteiger partial charge in [0.05, 0.1) is 4.47 Å². The van der Waals surface area contributed by atoms with E-state index in [1.54, 1.807) is 11.8 Å². The van der Waals surface area contributed by atoms with Crippen LogP contribution in [0.3, 0.4) is 0 Å². The minimum absolute atomic E-state index is 0.0165. The lowest BCUT2D eigenvalue weighted by molar-refractivity contribution is -0.137. The number of carbonyl (C=O) groups excluding carboxylic acids is 2. The fourth-order valence-corrected chi connectivity index (χ4v) is 3.89. The minimum Gasteiger partial charge on any atom is -0.480 e. The third kappa shape index (κ3) is 4.93. The van der Waals surface area contributed by atoms with Crippen LogP contribution in [0.2, 0.25) is 0 Å². The van der Waals surface area contributed by atoms with Crippen LogP contribution in [-0.4, -0.2) is 53.9 Å². The number of hydrogen-bond acceptors (Lipinski definition) is 3. The molecule has 0 bridgehead atoms. The van der Waals surface area contributed by atoms with E-state index in [2.05, 4.69) is 15.9 Å². The third-order valence-electron chi connectivity index (χ3n) is 4.85. The molecule has 3 rings (SSSR count). The van der Waals surface area contributed by atoms with Crippen molar-refractivity contribution in [2.24, 2.45) is 0 Å². The van der Waals surface area contributed by atoms with E-state index >= 15 is 0 Å². The Morgan fingerprint density at radius 2 is 1.68 bits per heavy atom. The third-order valence-corrected chi connectivity index (χ3v) is 5.47. The van der Waals surface area contributed by atoms with E-state index in [1.165, 1.54) is 0 Å². The van der Waals surface area contributed by atoms with Gasteiger partial charge in [0.2, 0.25) is 0 Å². The molecule has 2 aromatic rings. The van der Waals surface area contributed by atoms with Gasteiger partial charge in [0, 0.05) is 31.7 Å². The first-order valence-corrected chi connectivity index (χ1v) is 10.3. The second kappa shape index (κ2) is 9.24. The molecule has 0 radical (unpaired) electrons. The van der Waals surface area contributed by atoms with Crippen LogP contribution >= 0.6 is 15.9 Å². The Labute approximate surface area is 174 Å². The number of amides is 2. The number of halogens is 1. The van der Waals surface area contributed by atoms with Crippen LogP contribution in [0.4, 0.5) is 0 Å². The lowest BCUT2D eigenvalue weighted by Gasteiger charge is -2.25. The second-order valence-electron chi connectivity index (χ2n) is 7.03. The molecule has 2 amide bonds. The fourth-order valence-electron chi connectivity index (χ4n) is 3.30. The van der Waals surface area contributed by atoms with Crippen LogP contribution in [0, 0.1) is 6.92 Å². The summed E-state index contributed by atoms with van der Waals surface area (Å²) in [5, 5.41) is 0. The molecular formula is C22H25BrN2O3. The first-order valence-electron chi connectivity index (χ1n) is 9.51. The van der Waals surface area contributed by atoms with Gasteiger partial charge in [-0.2, -0.15) is 0 Å². The van der Waals surface area contributed by atoms with Gasteiger partial charge in [0.25, 0.3) is 11.8 Å². The predicted molar refractivity (Wildman–Crippen MR) is 113 cm³/mol. The zero-order valence-corrected chi connectivity index (χ0v) is 17.8. The molecule has 1 aliphatic rings. The number of ether oxygens (including phenoxy) is 1. The Morgan fingerprint density at radius 3 is 2.39 bits per heavy atom. The minimum atomic E-state index is -0.588. The molecule has 5 nitrogen and oxygen atoms in total. The Bertz CT molecular complexity index is 841. The molecule has 0 saturated carbocycles. The monoisotopic (exact) mass is 444 g/mol. The highest BCUT2D eigenvalue weighted by Gasteiger charge is 2.26. The van der Waals surface area contributed by atoms with E-state index in [0.717, 1.165) is 16.5 Å². The van der Waals surface area contributed by atoms with Gasteiger partial charge >= 0.3 is 0 Å². The van der Waals surface area contributed by atoms with Crippen LogP contribution < -0.4 is 4.74 Å². The van der Waals surface area contributed by atoms with Gasteiger partial charge in [-0.25, -0.2) is 0 Å². The lowest BCUT2D eigenvalue weighted by atomic mass is 10.2. The molecule has 2 aromatic carbocycles.